The molecule has 7 rings (SSSR count). The Kier molecular flexibility index (Phi) is 7.54. The predicted molar refractivity (Wildman–Crippen MR) is 176 cm³/mol. The Labute approximate surface area is 267 Å². The number of carboxylic acid groups (broad SMARTS) is 1. The first-order valence-electron chi connectivity index (χ1n) is 18.5. The van der Waals surface area contributed by atoms with Crippen LogP contribution in [0.2, 0.25) is 0 Å². The number of carbonyl (C=O) groups is 2. The summed E-state index contributed by atoms with van der Waals surface area (Å²) in [6, 6.07) is 0. The van der Waals surface area contributed by atoms with Gasteiger partial charge in [0, 0.05) is 31.6 Å². The van der Waals surface area contributed by atoms with E-state index in [1.54, 1.807) is 5.57 Å². The average molecular weight is 605 g/mol. The lowest BCUT2D eigenvalue weighted by atomic mass is 9.33. The third kappa shape index (κ3) is 4.39. The van der Waals surface area contributed by atoms with Crippen molar-refractivity contribution in [1.82, 2.24) is 10.2 Å². The summed E-state index contributed by atoms with van der Waals surface area (Å²) in [5.74, 6) is 2.53. The van der Waals surface area contributed by atoms with Gasteiger partial charge in [-0.15, -0.1) is 0 Å². The fourth-order valence-electron chi connectivity index (χ4n) is 13.7. The lowest BCUT2D eigenvalue weighted by molar-refractivity contribution is -0.218. The van der Waals surface area contributed by atoms with Crippen LogP contribution in [0.5, 0.6) is 0 Å². The van der Waals surface area contributed by atoms with E-state index < -0.39 is 5.97 Å². The number of amides is 1. The van der Waals surface area contributed by atoms with Gasteiger partial charge in [0.15, 0.2) is 0 Å². The van der Waals surface area contributed by atoms with E-state index in [0.29, 0.717) is 34.5 Å². The topological polar surface area (TPSA) is 69.6 Å². The van der Waals surface area contributed by atoms with E-state index >= 15 is 0 Å². The number of nitrogens with zero attached hydrogens (tertiary/aromatic N) is 1. The molecule has 1 amide bonds. The molecule has 9 atom stereocenters. The van der Waals surface area contributed by atoms with E-state index in [-0.39, 0.29) is 16.9 Å². The maximum absolute atomic E-state index is 12.3. The number of hydrogen-bond acceptors (Lipinski definition) is 3. The molecule has 6 aliphatic carbocycles. The van der Waals surface area contributed by atoms with E-state index in [4.69, 9.17) is 0 Å². The van der Waals surface area contributed by atoms with Crippen molar-refractivity contribution >= 4 is 11.9 Å². The summed E-state index contributed by atoms with van der Waals surface area (Å²) >= 11 is 0. The minimum Gasteiger partial charge on any atom is -0.481 e. The summed E-state index contributed by atoms with van der Waals surface area (Å²) in [7, 11) is 0. The number of aliphatic carboxylic acids is 1. The van der Waals surface area contributed by atoms with Crippen LogP contribution in [0.25, 0.3) is 0 Å². The molecular weight excluding hydrogens is 544 g/mol. The second kappa shape index (κ2) is 10.7. The zero-order valence-electron chi connectivity index (χ0n) is 28.5. The molecule has 6 unspecified atom stereocenters. The second-order valence-electron chi connectivity index (χ2n) is 17.8. The molecule has 5 nitrogen and oxygen atoms in total. The molecule has 0 aromatic carbocycles. The van der Waals surface area contributed by atoms with Crippen LogP contribution in [-0.2, 0) is 9.59 Å². The fraction of sp³-hybridized carbons (Fsp3) is 0.846. The smallest absolute Gasteiger partial charge is 0.306 e. The van der Waals surface area contributed by atoms with E-state index in [1.807, 2.05) is 0 Å². The number of carbonyl (C=O) groups excluding carboxylic acids is 1. The van der Waals surface area contributed by atoms with Gasteiger partial charge in [0.05, 0.1) is 5.92 Å². The first-order valence-corrected chi connectivity index (χ1v) is 18.5. The third-order valence-corrected chi connectivity index (χ3v) is 16.1. The number of likely N-dealkylation sites (tertiary alicyclic amines) is 1. The lowest BCUT2D eigenvalue weighted by Gasteiger charge is -2.72. The molecule has 1 heterocycles. The van der Waals surface area contributed by atoms with Crippen molar-refractivity contribution < 1.29 is 14.7 Å². The Balaban J connectivity index is 1.12. The van der Waals surface area contributed by atoms with Crippen molar-refractivity contribution in [2.45, 2.75) is 136 Å². The summed E-state index contributed by atoms with van der Waals surface area (Å²) in [5.41, 5.74) is 4.49. The minimum atomic E-state index is -0.632. The highest BCUT2D eigenvalue weighted by molar-refractivity contribution is 5.78. The molecular formula is C39H60N2O3. The van der Waals surface area contributed by atoms with Gasteiger partial charge in [-0.25, -0.2) is 0 Å². The lowest BCUT2D eigenvalue weighted by Crippen LogP contribution is -2.67. The molecule has 2 N–H and O–H groups in total. The standard InChI is InChI=1S/C39H60N2O3/c1-35(2)28(26-10-12-27(13-11-26)34(43)44)16-19-36(3)31(35)17-20-38(5)32(36)15-14-29-30-8-6-18-39(30,22-21-37(29,38)4)40-23-25-41-24-7-9-33(41)42/h10,16,27,29-32,40H,6-9,11-15,17-25H2,1-5H3,(H,43,44)/t27?,29?,30-,31?,32?,36+,37-,38?,39?/m1/s1. The van der Waals surface area contributed by atoms with Crippen LogP contribution in [0.15, 0.2) is 23.3 Å². The van der Waals surface area contributed by atoms with Gasteiger partial charge < -0.3 is 15.3 Å². The molecule has 1 aliphatic heterocycles. The van der Waals surface area contributed by atoms with E-state index in [2.05, 4.69) is 57.0 Å². The molecule has 0 aromatic rings. The quantitative estimate of drug-likeness (QED) is 0.321. The van der Waals surface area contributed by atoms with Crippen molar-refractivity contribution in [3.05, 3.63) is 23.3 Å². The summed E-state index contributed by atoms with van der Waals surface area (Å²) in [5, 5.41) is 13.7. The molecule has 0 radical (unpaired) electrons. The summed E-state index contributed by atoms with van der Waals surface area (Å²) in [4.78, 5) is 26.0. The Hall–Kier alpha value is -1.62. The van der Waals surface area contributed by atoms with Crippen LogP contribution in [0.4, 0.5) is 0 Å². The molecule has 5 heteroatoms. The van der Waals surface area contributed by atoms with E-state index in [0.717, 1.165) is 63.1 Å². The van der Waals surface area contributed by atoms with Gasteiger partial charge in [-0.05, 0) is 140 Å². The van der Waals surface area contributed by atoms with Crippen molar-refractivity contribution in [2.24, 2.45) is 51.2 Å². The van der Waals surface area contributed by atoms with Gasteiger partial charge in [-0.3, -0.25) is 9.59 Å². The first-order chi connectivity index (χ1) is 20.9. The largest absolute Gasteiger partial charge is 0.481 e. The summed E-state index contributed by atoms with van der Waals surface area (Å²) in [6.07, 6.45) is 22.4. The van der Waals surface area contributed by atoms with Crippen LogP contribution in [-0.4, -0.2) is 47.1 Å². The van der Waals surface area contributed by atoms with E-state index in [9.17, 15) is 14.7 Å². The van der Waals surface area contributed by atoms with Crippen LogP contribution >= 0.6 is 0 Å². The average Bonchev–Trinajstić information content (AvgIpc) is 3.59. The predicted octanol–water partition coefficient (Wildman–Crippen LogP) is 8.15. The van der Waals surface area contributed by atoms with Gasteiger partial charge in [-0.1, -0.05) is 53.2 Å². The van der Waals surface area contributed by atoms with Crippen LogP contribution in [0.1, 0.15) is 131 Å². The molecule has 4 saturated carbocycles. The molecule has 0 bridgehead atoms. The van der Waals surface area contributed by atoms with E-state index in [1.165, 1.54) is 69.8 Å². The molecule has 7 aliphatic rings. The van der Waals surface area contributed by atoms with Gasteiger partial charge in [0.2, 0.25) is 5.91 Å². The van der Waals surface area contributed by atoms with Crippen LogP contribution < -0.4 is 5.32 Å². The van der Waals surface area contributed by atoms with Crippen LogP contribution in [0.3, 0.4) is 0 Å². The highest BCUT2D eigenvalue weighted by Crippen LogP contribution is 2.76. The molecule has 5 fully saturated rings. The zero-order chi connectivity index (χ0) is 31.1. The molecule has 244 valence electrons. The number of fused-ring (bicyclic) bond motifs is 7. The van der Waals surface area contributed by atoms with Crippen molar-refractivity contribution in [3.8, 4) is 0 Å². The fourth-order valence-corrected chi connectivity index (χ4v) is 13.7. The Morgan fingerprint density at radius 2 is 1.70 bits per heavy atom. The maximum Gasteiger partial charge on any atom is 0.306 e. The van der Waals surface area contributed by atoms with Gasteiger partial charge in [0.25, 0.3) is 0 Å². The van der Waals surface area contributed by atoms with Crippen molar-refractivity contribution in [3.63, 3.8) is 0 Å². The maximum atomic E-state index is 12.3. The molecule has 44 heavy (non-hydrogen) atoms. The molecule has 1 saturated heterocycles. The van der Waals surface area contributed by atoms with Gasteiger partial charge in [0.1, 0.15) is 0 Å². The monoisotopic (exact) mass is 604 g/mol. The highest BCUT2D eigenvalue weighted by atomic mass is 16.4. The van der Waals surface area contributed by atoms with Gasteiger partial charge >= 0.3 is 5.97 Å². The Bertz CT molecular complexity index is 1250. The zero-order valence-corrected chi connectivity index (χ0v) is 28.5. The molecule has 0 aromatic heterocycles. The highest BCUT2D eigenvalue weighted by Gasteiger charge is 2.69. The number of hydrogen-bond donors (Lipinski definition) is 2. The van der Waals surface area contributed by atoms with Crippen LogP contribution in [0, 0.1) is 51.2 Å². The number of carboxylic acids is 1. The normalized spacial score (nSPS) is 46.3. The Morgan fingerprint density at radius 3 is 2.41 bits per heavy atom. The van der Waals surface area contributed by atoms with Crippen molar-refractivity contribution in [2.75, 3.05) is 19.6 Å². The van der Waals surface area contributed by atoms with Crippen molar-refractivity contribution in [1.29, 1.82) is 0 Å². The summed E-state index contributed by atoms with van der Waals surface area (Å²) < 4.78 is 0. The first kappa shape index (κ1) is 31.0. The van der Waals surface area contributed by atoms with Gasteiger partial charge in [-0.2, -0.15) is 0 Å². The molecule has 0 spiro atoms. The number of rotatable bonds is 6. The Morgan fingerprint density at radius 1 is 0.886 bits per heavy atom. The number of nitrogens with one attached hydrogen (secondary N) is 1. The minimum absolute atomic E-state index is 0.127. The SMILES string of the molecule is CC1(C)C(C2=CCC(C(=O)O)CC2)=CC[C@@]2(C)C1CCC1(C)C2CCC2[C@H]3CCCC3(NCCN3CCCC3=O)CC[C@]21C. The second-order valence-corrected chi connectivity index (χ2v) is 17.8. The number of allylic oxidation sites excluding steroid dienone is 4. The summed E-state index contributed by atoms with van der Waals surface area (Å²) in [6.45, 7) is 16.0. The third-order valence-electron chi connectivity index (χ3n) is 16.1.